The Hall–Kier alpha value is 0.574. The largest absolute Gasteiger partial charge is 0.436 e. The van der Waals surface area contributed by atoms with Crippen LogP contribution in [-0.4, -0.2) is 13.3 Å². The van der Waals surface area contributed by atoms with E-state index in [9.17, 15) is 0 Å². The molecule has 1 radical (unpaired) electrons. The second-order valence-electron chi connectivity index (χ2n) is 0.497. The number of hydrogen-bond donors (Lipinski definition) is 0. The summed E-state index contributed by atoms with van der Waals surface area (Å²) in [5, 5.41) is 3.22. The molecule has 0 saturated heterocycles. The average molecular weight is 161 g/mol. The fourth-order valence-corrected chi connectivity index (χ4v) is 0.0913. The molecular weight excluding hydrogens is 155 g/mol. The SMILES string of the molecule is C[C-]=NOC.[Y]. The number of nitrogens with zero attached hydrogens (tertiary/aromatic N) is 1. The van der Waals surface area contributed by atoms with Crippen molar-refractivity contribution in [2.24, 2.45) is 5.16 Å². The van der Waals surface area contributed by atoms with E-state index < -0.39 is 0 Å². The molecule has 0 N–H and O–H groups in total. The maximum atomic E-state index is 4.20. The molecule has 33 valence electrons. The summed E-state index contributed by atoms with van der Waals surface area (Å²) in [7, 11) is 1.48. The molecule has 0 fully saturated rings. The molecule has 3 heteroatoms. The van der Waals surface area contributed by atoms with Crippen molar-refractivity contribution in [2.45, 2.75) is 6.92 Å². The van der Waals surface area contributed by atoms with E-state index in [-0.39, 0.29) is 32.7 Å². The second-order valence-corrected chi connectivity index (χ2v) is 0.497. The van der Waals surface area contributed by atoms with Crippen molar-refractivity contribution in [1.29, 1.82) is 0 Å². The Morgan fingerprint density at radius 3 is 2.17 bits per heavy atom. The normalized spacial score (nSPS) is 7.67. The Morgan fingerprint density at radius 1 is 1.67 bits per heavy atom. The number of hydrogen-bond acceptors (Lipinski definition) is 2. The van der Waals surface area contributed by atoms with Crippen LogP contribution in [0.1, 0.15) is 6.92 Å². The molecule has 0 rings (SSSR count). The van der Waals surface area contributed by atoms with Gasteiger partial charge in [-0.3, -0.25) is 0 Å². The monoisotopic (exact) mass is 161 g/mol. The van der Waals surface area contributed by atoms with Gasteiger partial charge in [0.25, 0.3) is 0 Å². The summed E-state index contributed by atoms with van der Waals surface area (Å²) in [6.07, 6.45) is 2.42. The van der Waals surface area contributed by atoms with Gasteiger partial charge in [-0.1, -0.05) is 0 Å². The quantitative estimate of drug-likeness (QED) is 0.312. The van der Waals surface area contributed by atoms with Crippen molar-refractivity contribution in [3.05, 3.63) is 0 Å². The molecule has 0 heterocycles. The van der Waals surface area contributed by atoms with Crippen LogP contribution in [0.5, 0.6) is 0 Å². The molecule has 0 spiro atoms. The average Bonchev–Trinajstić information content (AvgIpc) is 1.41. The van der Waals surface area contributed by atoms with Crippen molar-refractivity contribution in [1.82, 2.24) is 0 Å². The molecule has 0 bridgehead atoms. The molecule has 0 amide bonds. The van der Waals surface area contributed by atoms with Gasteiger partial charge in [0, 0.05) is 32.7 Å². The molecule has 0 atom stereocenters. The van der Waals surface area contributed by atoms with Crippen LogP contribution in [0.4, 0.5) is 0 Å². The van der Waals surface area contributed by atoms with E-state index in [1.807, 2.05) is 0 Å². The zero-order valence-electron chi connectivity index (χ0n) is 3.93. The van der Waals surface area contributed by atoms with Crippen LogP contribution in [0.3, 0.4) is 0 Å². The Kier molecular flexibility index (Phi) is 14.9. The van der Waals surface area contributed by atoms with Crippen molar-refractivity contribution in [3.8, 4) is 0 Å². The predicted octanol–water partition coefficient (Wildman–Crippen LogP) is 0.513. The summed E-state index contributed by atoms with van der Waals surface area (Å²) >= 11 is 0. The first-order chi connectivity index (χ1) is 2.41. The van der Waals surface area contributed by atoms with E-state index in [2.05, 4.69) is 16.2 Å². The summed E-state index contributed by atoms with van der Waals surface area (Å²) in [6, 6.07) is 0. The summed E-state index contributed by atoms with van der Waals surface area (Å²) in [5.41, 5.74) is 0. The van der Waals surface area contributed by atoms with Crippen LogP contribution in [0.15, 0.2) is 5.16 Å². The fourth-order valence-electron chi connectivity index (χ4n) is 0.0913. The molecule has 0 aromatic heterocycles. The molecule has 0 aromatic carbocycles. The van der Waals surface area contributed by atoms with Gasteiger partial charge in [-0.25, -0.2) is 0 Å². The van der Waals surface area contributed by atoms with Gasteiger partial charge < -0.3 is 16.2 Å². The molecule has 6 heavy (non-hydrogen) atoms. The summed E-state index contributed by atoms with van der Waals surface area (Å²) in [5.74, 6) is 0. The van der Waals surface area contributed by atoms with Crippen molar-refractivity contribution < 1.29 is 37.5 Å². The van der Waals surface area contributed by atoms with Gasteiger partial charge in [-0.2, -0.15) is 6.92 Å². The fraction of sp³-hybridized carbons (Fsp3) is 0.667. The predicted molar refractivity (Wildman–Crippen MR) is 20.1 cm³/mol. The van der Waals surface area contributed by atoms with Crippen LogP contribution in [0.2, 0.25) is 0 Å². The van der Waals surface area contributed by atoms with Gasteiger partial charge in [-0.15, -0.1) is 0 Å². The summed E-state index contributed by atoms with van der Waals surface area (Å²) < 4.78 is 0. The Labute approximate surface area is 62.8 Å². The maximum absolute atomic E-state index is 4.20. The molecule has 0 aliphatic carbocycles. The van der Waals surface area contributed by atoms with E-state index >= 15 is 0 Å². The van der Waals surface area contributed by atoms with E-state index in [1.165, 1.54) is 7.11 Å². The van der Waals surface area contributed by atoms with Crippen LogP contribution >= 0.6 is 0 Å². The van der Waals surface area contributed by atoms with Crippen LogP contribution < -0.4 is 0 Å². The Morgan fingerprint density at radius 2 is 2.17 bits per heavy atom. The second kappa shape index (κ2) is 9.13. The van der Waals surface area contributed by atoms with Crippen LogP contribution in [-0.2, 0) is 37.5 Å². The van der Waals surface area contributed by atoms with Gasteiger partial charge in [0.2, 0.25) is 0 Å². The minimum absolute atomic E-state index is 0. The first-order valence-corrected chi connectivity index (χ1v) is 1.31. The minimum atomic E-state index is 0. The van der Waals surface area contributed by atoms with Gasteiger partial charge in [0.05, 0.1) is 0 Å². The zero-order valence-corrected chi connectivity index (χ0v) is 6.77. The Balaban J connectivity index is 0. The van der Waals surface area contributed by atoms with Gasteiger partial charge in [-0.05, 0) is 0 Å². The summed E-state index contributed by atoms with van der Waals surface area (Å²) in [6.45, 7) is 1.67. The number of rotatable bonds is 1. The van der Waals surface area contributed by atoms with E-state index in [0.717, 1.165) is 0 Å². The first-order valence-electron chi connectivity index (χ1n) is 1.31. The van der Waals surface area contributed by atoms with Gasteiger partial charge >= 0.3 is 0 Å². The Bertz CT molecular complexity index is 37.8. The van der Waals surface area contributed by atoms with E-state index in [4.69, 9.17) is 0 Å². The minimum Gasteiger partial charge on any atom is -0.436 e. The molecule has 0 aliphatic heterocycles. The third-order valence-corrected chi connectivity index (χ3v) is 0.183. The van der Waals surface area contributed by atoms with Crippen LogP contribution in [0.25, 0.3) is 0 Å². The van der Waals surface area contributed by atoms with E-state index in [1.54, 1.807) is 6.92 Å². The van der Waals surface area contributed by atoms with E-state index in [0.29, 0.717) is 0 Å². The molecular formula is C3H6NOY-. The van der Waals surface area contributed by atoms with Gasteiger partial charge in [0.15, 0.2) is 0 Å². The third kappa shape index (κ3) is 8.82. The van der Waals surface area contributed by atoms with Gasteiger partial charge in [0.1, 0.15) is 7.11 Å². The van der Waals surface area contributed by atoms with Crippen molar-refractivity contribution in [3.63, 3.8) is 0 Å². The molecule has 0 aliphatic rings. The molecule has 0 saturated carbocycles. The summed E-state index contributed by atoms with van der Waals surface area (Å²) in [4.78, 5) is 4.20. The topological polar surface area (TPSA) is 21.6 Å². The first kappa shape index (κ1) is 9.76. The standard InChI is InChI=1S/C3H6NO.Y/c1-3-4-5-2;/h1-2H3;/q-1;. The smallest absolute Gasteiger partial charge is 0.102 e. The molecule has 2 nitrogen and oxygen atoms in total. The van der Waals surface area contributed by atoms with Crippen LogP contribution in [0, 0.1) is 0 Å². The zero-order chi connectivity index (χ0) is 4.12. The molecule has 0 aromatic rings. The van der Waals surface area contributed by atoms with Crippen molar-refractivity contribution in [2.75, 3.05) is 7.11 Å². The van der Waals surface area contributed by atoms with Crippen molar-refractivity contribution >= 4 is 6.21 Å². The third-order valence-electron chi connectivity index (χ3n) is 0.183. The molecule has 0 unspecified atom stereocenters. The maximum Gasteiger partial charge on any atom is 0.102 e.